The van der Waals surface area contributed by atoms with E-state index in [0.717, 1.165) is 0 Å². The number of hydrogen-bond donors (Lipinski definition) is 1. The van der Waals surface area contributed by atoms with Gasteiger partial charge in [0.25, 0.3) is 5.91 Å². The summed E-state index contributed by atoms with van der Waals surface area (Å²) in [7, 11) is 3.01. The number of aromatic nitrogens is 2. The van der Waals surface area contributed by atoms with Crippen LogP contribution < -0.4 is 14.8 Å². The average Bonchev–Trinajstić information content (AvgIpc) is 3.20. The Bertz CT molecular complexity index is 936. The van der Waals surface area contributed by atoms with Gasteiger partial charge in [0, 0.05) is 24.5 Å². The fraction of sp³-hybridized carbons (Fsp3) is 0.158. The lowest BCUT2D eigenvalue weighted by Gasteiger charge is -2.12. The molecule has 0 unspecified atom stereocenters. The summed E-state index contributed by atoms with van der Waals surface area (Å²) in [5.74, 6) is 0.246. The molecule has 2 aromatic carbocycles. The summed E-state index contributed by atoms with van der Waals surface area (Å²) in [6.45, 7) is 0.181. The van der Waals surface area contributed by atoms with Gasteiger partial charge in [-0.1, -0.05) is 6.07 Å². The van der Waals surface area contributed by atoms with Crippen LogP contribution in [0.25, 0.3) is 5.69 Å². The van der Waals surface area contributed by atoms with E-state index in [2.05, 4.69) is 26.2 Å². The molecule has 0 aliphatic heterocycles. The highest BCUT2D eigenvalue weighted by molar-refractivity contribution is 9.10. The lowest BCUT2D eigenvalue weighted by atomic mass is 10.1. The van der Waals surface area contributed by atoms with E-state index < -0.39 is 5.82 Å². The number of halogens is 2. The highest BCUT2D eigenvalue weighted by Crippen LogP contribution is 2.35. The Morgan fingerprint density at radius 3 is 2.48 bits per heavy atom. The van der Waals surface area contributed by atoms with Crippen molar-refractivity contribution in [2.75, 3.05) is 14.2 Å². The first kappa shape index (κ1) is 18.9. The van der Waals surface area contributed by atoms with Crippen molar-refractivity contribution in [3.05, 3.63) is 70.5 Å². The Labute approximate surface area is 164 Å². The number of carbonyl (C=O) groups excluding carboxylic acids is 1. The summed E-state index contributed by atoms with van der Waals surface area (Å²) < 4.78 is 27.0. The molecule has 27 heavy (non-hydrogen) atoms. The molecule has 0 spiro atoms. The van der Waals surface area contributed by atoms with E-state index in [1.165, 1.54) is 26.6 Å². The summed E-state index contributed by atoms with van der Waals surface area (Å²) in [5.41, 5.74) is 1.41. The van der Waals surface area contributed by atoms with E-state index in [-0.39, 0.29) is 12.5 Å². The van der Waals surface area contributed by atoms with E-state index in [0.29, 0.717) is 32.8 Å². The molecule has 0 atom stereocenters. The Morgan fingerprint density at radius 2 is 1.93 bits per heavy atom. The number of benzene rings is 2. The second-order valence-electron chi connectivity index (χ2n) is 5.63. The predicted molar refractivity (Wildman–Crippen MR) is 102 cm³/mol. The van der Waals surface area contributed by atoms with E-state index in [9.17, 15) is 9.18 Å². The number of ether oxygens (including phenoxy) is 2. The molecule has 6 nitrogen and oxygen atoms in total. The lowest BCUT2D eigenvalue weighted by Crippen LogP contribution is -2.23. The van der Waals surface area contributed by atoms with Crippen LogP contribution in [0.5, 0.6) is 11.5 Å². The molecule has 1 amide bonds. The van der Waals surface area contributed by atoms with Crippen molar-refractivity contribution in [1.82, 2.24) is 14.9 Å². The molecule has 1 aromatic heterocycles. The van der Waals surface area contributed by atoms with E-state index in [4.69, 9.17) is 9.47 Å². The van der Waals surface area contributed by atoms with Gasteiger partial charge in [-0.15, -0.1) is 0 Å². The molecule has 0 aliphatic carbocycles. The van der Waals surface area contributed by atoms with Gasteiger partial charge in [-0.05, 0) is 45.8 Å². The minimum absolute atomic E-state index is 0.181. The fourth-order valence-corrected chi connectivity index (χ4v) is 3.11. The van der Waals surface area contributed by atoms with Crippen LogP contribution in [0.3, 0.4) is 0 Å². The van der Waals surface area contributed by atoms with Crippen molar-refractivity contribution in [2.45, 2.75) is 6.54 Å². The van der Waals surface area contributed by atoms with Gasteiger partial charge in [0.2, 0.25) is 0 Å². The largest absolute Gasteiger partial charge is 0.495 e. The van der Waals surface area contributed by atoms with Gasteiger partial charge < -0.3 is 19.4 Å². The third-order valence-electron chi connectivity index (χ3n) is 3.96. The van der Waals surface area contributed by atoms with Crippen LogP contribution in [-0.4, -0.2) is 29.7 Å². The van der Waals surface area contributed by atoms with Crippen LogP contribution in [0.2, 0.25) is 0 Å². The molecule has 1 N–H and O–H groups in total. The van der Waals surface area contributed by atoms with E-state index >= 15 is 0 Å². The zero-order chi connectivity index (χ0) is 19.4. The Hall–Kier alpha value is -2.87. The third kappa shape index (κ3) is 4.11. The van der Waals surface area contributed by atoms with Crippen molar-refractivity contribution in [1.29, 1.82) is 0 Å². The summed E-state index contributed by atoms with van der Waals surface area (Å²) >= 11 is 3.36. The number of carbonyl (C=O) groups is 1. The number of nitrogens with one attached hydrogen (secondary N) is 1. The van der Waals surface area contributed by atoms with Gasteiger partial charge in [0.15, 0.2) is 0 Å². The average molecular weight is 434 g/mol. The number of rotatable bonds is 6. The third-order valence-corrected chi connectivity index (χ3v) is 4.74. The monoisotopic (exact) mass is 433 g/mol. The normalized spacial score (nSPS) is 10.5. The van der Waals surface area contributed by atoms with Gasteiger partial charge in [-0.3, -0.25) is 4.79 Å². The predicted octanol–water partition coefficient (Wildman–Crippen LogP) is 3.72. The van der Waals surface area contributed by atoms with E-state index in [1.54, 1.807) is 41.2 Å². The van der Waals surface area contributed by atoms with Gasteiger partial charge in [0.1, 0.15) is 21.8 Å². The molecular weight excluding hydrogens is 417 g/mol. The second-order valence-corrected chi connectivity index (χ2v) is 6.43. The van der Waals surface area contributed by atoms with Crippen LogP contribution in [0.1, 0.15) is 15.9 Å². The number of nitrogens with zero attached hydrogens (tertiary/aromatic N) is 2. The maximum atomic E-state index is 14.3. The summed E-state index contributed by atoms with van der Waals surface area (Å²) in [6, 6.07) is 7.99. The zero-order valence-corrected chi connectivity index (χ0v) is 16.3. The van der Waals surface area contributed by atoms with Gasteiger partial charge in [0.05, 0.1) is 26.2 Å². The highest BCUT2D eigenvalue weighted by atomic mass is 79.9. The molecule has 0 bridgehead atoms. The van der Waals surface area contributed by atoms with Crippen molar-refractivity contribution >= 4 is 21.8 Å². The van der Waals surface area contributed by atoms with Crippen LogP contribution in [0.4, 0.5) is 4.39 Å². The molecule has 3 aromatic rings. The van der Waals surface area contributed by atoms with Crippen molar-refractivity contribution in [2.24, 2.45) is 0 Å². The first-order valence-electron chi connectivity index (χ1n) is 8.00. The van der Waals surface area contributed by atoms with Crippen molar-refractivity contribution in [3.8, 4) is 17.2 Å². The molecule has 0 radical (unpaired) electrons. The number of imidazole rings is 1. The first-order chi connectivity index (χ1) is 13.0. The van der Waals surface area contributed by atoms with Gasteiger partial charge >= 0.3 is 0 Å². The molecule has 0 aliphatic rings. The zero-order valence-electron chi connectivity index (χ0n) is 14.7. The quantitative estimate of drug-likeness (QED) is 0.643. The standard InChI is InChI=1S/C19H17BrFN3O3/c1-26-16-8-13(9-17(27-2)18(16)20)19(25)23-10-12-3-4-15(14(21)7-12)24-6-5-22-11-24/h3-9,11H,10H2,1-2H3,(H,23,25). The SMILES string of the molecule is COc1cc(C(=O)NCc2ccc(-n3ccnc3)c(F)c2)cc(OC)c1Br. The molecule has 0 fully saturated rings. The Balaban J connectivity index is 1.73. The molecule has 1 heterocycles. The minimum atomic E-state index is -0.397. The van der Waals surface area contributed by atoms with Crippen LogP contribution in [0.15, 0.2) is 53.5 Å². The molecule has 0 saturated carbocycles. The van der Waals surface area contributed by atoms with Crippen molar-refractivity contribution < 1.29 is 18.7 Å². The molecular formula is C19H17BrFN3O3. The maximum Gasteiger partial charge on any atom is 0.251 e. The summed E-state index contributed by atoms with van der Waals surface area (Å²) in [6.07, 6.45) is 4.76. The van der Waals surface area contributed by atoms with Crippen LogP contribution >= 0.6 is 15.9 Å². The minimum Gasteiger partial charge on any atom is -0.495 e. The van der Waals surface area contributed by atoms with Gasteiger partial charge in [-0.2, -0.15) is 0 Å². The topological polar surface area (TPSA) is 65.4 Å². The fourth-order valence-electron chi connectivity index (χ4n) is 2.56. The molecule has 0 saturated heterocycles. The van der Waals surface area contributed by atoms with Crippen molar-refractivity contribution in [3.63, 3.8) is 0 Å². The first-order valence-corrected chi connectivity index (χ1v) is 8.79. The second kappa shape index (κ2) is 8.22. The highest BCUT2D eigenvalue weighted by Gasteiger charge is 2.15. The van der Waals surface area contributed by atoms with Crippen LogP contribution in [0, 0.1) is 5.82 Å². The van der Waals surface area contributed by atoms with E-state index in [1.807, 2.05) is 0 Å². The molecule has 140 valence electrons. The number of methoxy groups -OCH3 is 2. The molecule has 8 heteroatoms. The lowest BCUT2D eigenvalue weighted by molar-refractivity contribution is 0.0950. The number of hydrogen-bond acceptors (Lipinski definition) is 4. The van der Waals surface area contributed by atoms with Gasteiger partial charge in [-0.25, -0.2) is 9.37 Å². The molecule has 3 rings (SSSR count). The smallest absolute Gasteiger partial charge is 0.251 e. The Kier molecular flexibility index (Phi) is 5.75. The maximum absolute atomic E-state index is 14.3. The van der Waals surface area contributed by atoms with Crippen LogP contribution in [-0.2, 0) is 6.54 Å². The summed E-state index contributed by atoms with van der Waals surface area (Å²) in [5, 5.41) is 2.77. The Morgan fingerprint density at radius 1 is 1.22 bits per heavy atom. The number of amides is 1. The summed E-state index contributed by atoms with van der Waals surface area (Å²) in [4.78, 5) is 16.4.